The van der Waals surface area contributed by atoms with E-state index in [2.05, 4.69) is 5.32 Å². The molecule has 23 heavy (non-hydrogen) atoms. The molecule has 0 bridgehead atoms. The maximum absolute atomic E-state index is 12.7. The summed E-state index contributed by atoms with van der Waals surface area (Å²) >= 11 is 0. The van der Waals surface area contributed by atoms with Crippen molar-refractivity contribution in [3.05, 3.63) is 41.6 Å². The minimum atomic E-state index is 0. The molecular formula is C17H23Cl2N3O. The first-order valence-corrected chi connectivity index (χ1v) is 7.50. The predicted octanol–water partition coefficient (Wildman–Crippen LogP) is 3.25. The van der Waals surface area contributed by atoms with E-state index < -0.39 is 0 Å². The minimum Gasteiger partial charge on any atom is -0.340 e. The van der Waals surface area contributed by atoms with Crippen LogP contribution in [0.4, 0.5) is 0 Å². The largest absolute Gasteiger partial charge is 0.340 e. The Morgan fingerprint density at radius 1 is 1.30 bits per heavy atom. The van der Waals surface area contributed by atoms with Crippen molar-refractivity contribution in [2.24, 2.45) is 0 Å². The van der Waals surface area contributed by atoms with E-state index in [1.165, 1.54) is 12.8 Å². The zero-order valence-electron chi connectivity index (χ0n) is 13.4. The Hall–Kier alpha value is -1.36. The van der Waals surface area contributed by atoms with E-state index in [0.29, 0.717) is 12.5 Å². The van der Waals surface area contributed by atoms with Crippen molar-refractivity contribution in [2.75, 3.05) is 27.2 Å². The Bertz CT molecular complexity index is 674. The van der Waals surface area contributed by atoms with Gasteiger partial charge in [-0.05, 0) is 32.0 Å². The number of nitrogens with one attached hydrogen (secondary N) is 1. The van der Waals surface area contributed by atoms with Crippen molar-refractivity contribution in [1.29, 1.82) is 0 Å². The van der Waals surface area contributed by atoms with Crippen molar-refractivity contribution in [3.8, 4) is 0 Å². The lowest BCUT2D eigenvalue weighted by atomic mass is 10.0. The Morgan fingerprint density at radius 2 is 2.00 bits per heavy atom. The van der Waals surface area contributed by atoms with Gasteiger partial charge in [0.25, 0.3) is 5.91 Å². The van der Waals surface area contributed by atoms with Crippen molar-refractivity contribution >= 4 is 41.6 Å². The number of aromatic nitrogens is 1. The van der Waals surface area contributed by atoms with Gasteiger partial charge in [-0.3, -0.25) is 9.78 Å². The molecule has 1 aliphatic carbocycles. The molecule has 6 heteroatoms. The van der Waals surface area contributed by atoms with E-state index in [1.54, 1.807) is 4.90 Å². The predicted molar refractivity (Wildman–Crippen MR) is 99.1 cm³/mol. The Labute approximate surface area is 149 Å². The van der Waals surface area contributed by atoms with Gasteiger partial charge in [0.1, 0.15) is 0 Å². The van der Waals surface area contributed by atoms with E-state index in [1.807, 2.05) is 44.4 Å². The Kier molecular flexibility index (Phi) is 7.26. The topological polar surface area (TPSA) is 45.2 Å². The highest BCUT2D eigenvalue weighted by Gasteiger charge is 2.27. The average Bonchev–Trinajstić information content (AvgIpc) is 3.35. The van der Waals surface area contributed by atoms with Gasteiger partial charge >= 0.3 is 0 Å². The molecule has 1 amide bonds. The number of hydrogen-bond donors (Lipinski definition) is 1. The van der Waals surface area contributed by atoms with Gasteiger partial charge in [-0.15, -0.1) is 24.8 Å². The highest BCUT2D eigenvalue weighted by atomic mass is 35.5. The zero-order valence-corrected chi connectivity index (χ0v) is 15.0. The number of rotatable bonds is 5. The number of pyridine rings is 1. The van der Waals surface area contributed by atoms with Crippen LogP contribution in [0.25, 0.3) is 10.9 Å². The molecule has 0 atom stereocenters. The van der Waals surface area contributed by atoms with Gasteiger partial charge in [-0.1, -0.05) is 18.2 Å². The molecule has 1 fully saturated rings. The summed E-state index contributed by atoms with van der Waals surface area (Å²) in [5.74, 6) is 0.620. The van der Waals surface area contributed by atoms with Crippen LogP contribution in [0, 0.1) is 0 Å². The summed E-state index contributed by atoms with van der Waals surface area (Å²) in [7, 11) is 3.75. The molecule has 0 aliphatic heterocycles. The number of hydrogen-bond acceptors (Lipinski definition) is 3. The zero-order chi connectivity index (χ0) is 14.8. The standard InChI is InChI=1S/C17H21N3O.2ClH/c1-18-9-10-20(2)17(21)14-11-16(12-7-8-12)19-15-6-4-3-5-13(14)15;;/h3-6,11-12,18H,7-10H2,1-2H3;2*1H. The van der Waals surface area contributed by atoms with E-state index in [4.69, 9.17) is 4.98 Å². The lowest BCUT2D eigenvalue weighted by Crippen LogP contribution is -2.33. The quantitative estimate of drug-likeness (QED) is 0.895. The number of likely N-dealkylation sites (N-methyl/N-ethyl adjacent to an activating group) is 2. The Balaban J connectivity index is 0.00000132. The summed E-state index contributed by atoms with van der Waals surface area (Å²) < 4.78 is 0. The fourth-order valence-electron chi connectivity index (χ4n) is 2.55. The third-order valence-electron chi connectivity index (χ3n) is 4.01. The summed E-state index contributed by atoms with van der Waals surface area (Å²) in [6.07, 6.45) is 2.38. The second-order valence-corrected chi connectivity index (χ2v) is 5.72. The number of halogens is 2. The molecule has 4 nitrogen and oxygen atoms in total. The van der Waals surface area contributed by atoms with Gasteiger partial charge in [0.15, 0.2) is 0 Å². The van der Waals surface area contributed by atoms with E-state index in [0.717, 1.165) is 28.7 Å². The first-order valence-electron chi connectivity index (χ1n) is 7.50. The summed E-state index contributed by atoms with van der Waals surface area (Å²) in [4.78, 5) is 19.2. The number of benzene rings is 1. The van der Waals surface area contributed by atoms with Gasteiger partial charge in [0.2, 0.25) is 0 Å². The van der Waals surface area contributed by atoms with E-state index in [9.17, 15) is 4.79 Å². The smallest absolute Gasteiger partial charge is 0.254 e. The monoisotopic (exact) mass is 355 g/mol. The van der Waals surface area contributed by atoms with Crippen molar-refractivity contribution in [2.45, 2.75) is 18.8 Å². The van der Waals surface area contributed by atoms with Gasteiger partial charge < -0.3 is 10.2 Å². The third kappa shape index (κ3) is 4.34. The highest BCUT2D eigenvalue weighted by Crippen LogP contribution is 2.40. The number of carbonyl (C=O) groups excluding carboxylic acids is 1. The molecule has 1 aromatic heterocycles. The van der Waals surface area contributed by atoms with E-state index in [-0.39, 0.29) is 30.7 Å². The van der Waals surface area contributed by atoms with Gasteiger partial charge in [-0.25, -0.2) is 0 Å². The molecule has 0 spiro atoms. The van der Waals surface area contributed by atoms with Crippen LogP contribution < -0.4 is 5.32 Å². The molecule has 1 N–H and O–H groups in total. The van der Waals surface area contributed by atoms with Crippen molar-refractivity contribution in [1.82, 2.24) is 15.2 Å². The van der Waals surface area contributed by atoms with Crippen LogP contribution in [0.15, 0.2) is 30.3 Å². The molecule has 0 saturated heterocycles. The van der Waals surface area contributed by atoms with Crippen LogP contribution >= 0.6 is 24.8 Å². The van der Waals surface area contributed by atoms with Crippen LogP contribution in [-0.4, -0.2) is 43.0 Å². The molecule has 0 unspecified atom stereocenters. The number of fused-ring (bicyclic) bond motifs is 1. The Morgan fingerprint density at radius 3 is 2.65 bits per heavy atom. The highest BCUT2D eigenvalue weighted by molar-refractivity contribution is 6.06. The molecule has 1 aromatic carbocycles. The maximum atomic E-state index is 12.7. The minimum absolute atomic E-state index is 0. The molecule has 2 aromatic rings. The van der Waals surface area contributed by atoms with Crippen LogP contribution in [0.5, 0.6) is 0 Å². The lowest BCUT2D eigenvalue weighted by molar-refractivity contribution is 0.0798. The van der Waals surface area contributed by atoms with Crippen LogP contribution in [0.3, 0.4) is 0 Å². The first kappa shape index (κ1) is 19.7. The SMILES string of the molecule is CNCCN(C)C(=O)c1cc(C2CC2)nc2ccccc12.Cl.Cl. The summed E-state index contributed by atoms with van der Waals surface area (Å²) in [5, 5.41) is 4.02. The summed E-state index contributed by atoms with van der Waals surface area (Å²) in [5.41, 5.74) is 2.77. The molecule has 3 rings (SSSR count). The number of para-hydroxylation sites is 1. The molecule has 1 heterocycles. The fourth-order valence-corrected chi connectivity index (χ4v) is 2.55. The van der Waals surface area contributed by atoms with E-state index >= 15 is 0 Å². The van der Waals surface area contributed by atoms with Gasteiger partial charge in [0, 0.05) is 37.1 Å². The molecule has 1 aliphatic rings. The van der Waals surface area contributed by atoms with Gasteiger partial charge in [-0.2, -0.15) is 0 Å². The van der Waals surface area contributed by atoms with Crippen molar-refractivity contribution < 1.29 is 4.79 Å². The van der Waals surface area contributed by atoms with Crippen LogP contribution in [0.1, 0.15) is 34.8 Å². The summed E-state index contributed by atoms with van der Waals surface area (Å²) in [6, 6.07) is 9.91. The summed E-state index contributed by atoms with van der Waals surface area (Å²) in [6.45, 7) is 1.49. The third-order valence-corrected chi connectivity index (χ3v) is 4.01. The molecular weight excluding hydrogens is 333 g/mol. The normalized spacial score (nSPS) is 13.1. The number of carbonyl (C=O) groups is 1. The fraction of sp³-hybridized carbons (Fsp3) is 0.412. The van der Waals surface area contributed by atoms with Crippen molar-refractivity contribution in [3.63, 3.8) is 0 Å². The molecule has 1 saturated carbocycles. The van der Waals surface area contributed by atoms with Crippen LogP contribution in [-0.2, 0) is 0 Å². The average molecular weight is 356 g/mol. The maximum Gasteiger partial charge on any atom is 0.254 e. The number of amides is 1. The van der Waals surface area contributed by atoms with Gasteiger partial charge in [0.05, 0.1) is 11.1 Å². The number of nitrogens with zero attached hydrogens (tertiary/aromatic N) is 2. The molecule has 126 valence electrons. The molecule has 0 radical (unpaired) electrons. The lowest BCUT2D eigenvalue weighted by Gasteiger charge is -2.18. The second kappa shape index (κ2) is 8.48. The second-order valence-electron chi connectivity index (χ2n) is 5.72. The first-order chi connectivity index (χ1) is 10.2. The van der Waals surface area contributed by atoms with Crippen LogP contribution in [0.2, 0.25) is 0 Å².